The van der Waals surface area contributed by atoms with Gasteiger partial charge in [-0.3, -0.25) is 9.10 Å². The van der Waals surface area contributed by atoms with Crippen LogP contribution in [-0.4, -0.2) is 27.1 Å². The molecule has 0 fully saturated rings. The second kappa shape index (κ2) is 12.0. The number of carbonyl (C=O) groups is 1. The molecule has 0 aliphatic carbocycles. The average molecular weight is 533 g/mol. The van der Waals surface area contributed by atoms with Gasteiger partial charge in [-0.15, -0.1) is 11.8 Å². The number of anilines is 2. The predicted octanol–water partition coefficient (Wildman–Crippen LogP) is 6.48. The summed E-state index contributed by atoms with van der Waals surface area (Å²) in [6.45, 7) is 1.58. The predicted molar refractivity (Wildman–Crippen MR) is 151 cm³/mol. The van der Waals surface area contributed by atoms with Gasteiger partial charge in [0.15, 0.2) is 0 Å². The number of thioether (sulfide) groups is 1. The molecule has 0 spiro atoms. The Labute approximate surface area is 222 Å². The highest BCUT2D eigenvalue weighted by molar-refractivity contribution is 7.98. The van der Waals surface area contributed by atoms with Crippen molar-refractivity contribution in [2.45, 2.75) is 17.6 Å². The minimum Gasteiger partial charge on any atom is -0.457 e. The molecule has 4 rings (SSSR count). The molecule has 6 nitrogen and oxygen atoms in total. The molecule has 0 saturated carbocycles. The fraction of sp³-hybridized carbons (Fsp3) is 0.138. The molecule has 0 unspecified atom stereocenters. The third-order valence-corrected chi connectivity index (χ3v) is 7.73. The van der Waals surface area contributed by atoms with Gasteiger partial charge < -0.3 is 10.1 Å². The van der Waals surface area contributed by atoms with Crippen molar-refractivity contribution in [1.29, 1.82) is 0 Å². The van der Waals surface area contributed by atoms with Crippen molar-refractivity contribution in [3.8, 4) is 11.5 Å². The van der Waals surface area contributed by atoms with Crippen LogP contribution in [0.1, 0.15) is 11.1 Å². The van der Waals surface area contributed by atoms with Gasteiger partial charge in [-0.05, 0) is 72.6 Å². The third-order valence-electron chi connectivity index (χ3n) is 5.50. The van der Waals surface area contributed by atoms with Crippen LogP contribution in [0.3, 0.4) is 0 Å². The van der Waals surface area contributed by atoms with Crippen LogP contribution < -0.4 is 14.4 Å². The number of rotatable bonds is 10. The molecule has 1 amide bonds. The highest BCUT2D eigenvalue weighted by Crippen LogP contribution is 2.27. The molecular formula is C29H28N2O4S2. The number of hydrogen-bond donors (Lipinski definition) is 1. The fourth-order valence-electron chi connectivity index (χ4n) is 3.66. The molecule has 0 saturated heterocycles. The maximum Gasteiger partial charge on any atom is 0.245 e. The van der Waals surface area contributed by atoms with Gasteiger partial charge in [-0.2, -0.15) is 0 Å². The zero-order valence-corrected chi connectivity index (χ0v) is 22.3. The van der Waals surface area contributed by atoms with E-state index in [-0.39, 0.29) is 6.54 Å². The Balaban J connectivity index is 1.40. The zero-order valence-electron chi connectivity index (χ0n) is 20.6. The molecule has 0 aliphatic rings. The third kappa shape index (κ3) is 7.62. The lowest BCUT2D eigenvalue weighted by molar-refractivity contribution is -0.114. The molecule has 8 heteroatoms. The lowest BCUT2D eigenvalue weighted by atomic mass is 10.1. The Bertz CT molecular complexity index is 1440. The number of nitrogens with one attached hydrogen (secondary N) is 1. The Kier molecular flexibility index (Phi) is 8.53. The molecule has 37 heavy (non-hydrogen) atoms. The van der Waals surface area contributed by atoms with Crippen LogP contribution in [-0.2, 0) is 20.6 Å². The summed E-state index contributed by atoms with van der Waals surface area (Å²) in [7, 11) is -3.70. The minimum atomic E-state index is -3.70. The SMILES string of the molecule is Cc1cc(CSc2ccccc2)ccc1NC(=O)CN(c1ccc(Oc2ccccc2)cc1)S(C)(=O)=O. The summed E-state index contributed by atoms with van der Waals surface area (Å²) in [6, 6.07) is 31.9. The van der Waals surface area contributed by atoms with Crippen LogP contribution in [0.15, 0.2) is 108 Å². The molecule has 190 valence electrons. The highest BCUT2D eigenvalue weighted by atomic mass is 32.2. The molecule has 4 aromatic carbocycles. The van der Waals surface area contributed by atoms with Crippen molar-refractivity contribution in [1.82, 2.24) is 0 Å². The van der Waals surface area contributed by atoms with Crippen molar-refractivity contribution in [3.05, 3.63) is 114 Å². The van der Waals surface area contributed by atoms with E-state index in [1.54, 1.807) is 36.0 Å². The van der Waals surface area contributed by atoms with Gasteiger partial charge in [-0.25, -0.2) is 8.42 Å². The van der Waals surface area contributed by atoms with E-state index in [0.29, 0.717) is 22.9 Å². The first kappa shape index (κ1) is 26.3. The topological polar surface area (TPSA) is 75.7 Å². The van der Waals surface area contributed by atoms with E-state index in [1.807, 2.05) is 73.7 Å². The van der Waals surface area contributed by atoms with Crippen molar-refractivity contribution < 1.29 is 17.9 Å². The molecule has 0 atom stereocenters. The number of para-hydroxylation sites is 1. The second-order valence-corrected chi connectivity index (χ2v) is 11.4. The first-order valence-corrected chi connectivity index (χ1v) is 14.5. The maximum atomic E-state index is 12.9. The number of ether oxygens (including phenoxy) is 1. The summed E-state index contributed by atoms with van der Waals surface area (Å²) in [6.07, 6.45) is 1.08. The number of nitrogens with zero attached hydrogens (tertiary/aromatic N) is 1. The van der Waals surface area contributed by atoms with Gasteiger partial charge in [-0.1, -0.05) is 48.5 Å². The van der Waals surface area contributed by atoms with Crippen molar-refractivity contribution in [2.24, 2.45) is 0 Å². The van der Waals surface area contributed by atoms with Gasteiger partial charge in [0.25, 0.3) is 0 Å². The Morgan fingerprint density at radius 3 is 2.11 bits per heavy atom. The first-order valence-electron chi connectivity index (χ1n) is 11.7. The maximum absolute atomic E-state index is 12.9. The quantitative estimate of drug-likeness (QED) is 0.237. The summed E-state index contributed by atoms with van der Waals surface area (Å²) in [5, 5.41) is 2.85. The van der Waals surface area contributed by atoms with Crippen LogP contribution in [0.5, 0.6) is 11.5 Å². The van der Waals surface area contributed by atoms with Crippen LogP contribution in [0.25, 0.3) is 0 Å². The number of sulfonamides is 1. The average Bonchev–Trinajstić information content (AvgIpc) is 2.89. The van der Waals surface area contributed by atoms with E-state index < -0.39 is 15.9 Å². The largest absolute Gasteiger partial charge is 0.457 e. The number of amides is 1. The van der Waals surface area contributed by atoms with E-state index in [1.165, 1.54) is 4.90 Å². The molecule has 0 heterocycles. The molecule has 0 aromatic heterocycles. The normalized spacial score (nSPS) is 11.1. The summed E-state index contributed by atoms with van der Waals surface area (Å²) in [5.74, 6) is 1.62. The smallest absolute Gasteiger partial charge is 0.245 e. The molecule has 0 aliphatic heterocycles. The highest BCUT2D eigenvalue weighted by Gasteiger charge is 2.21. The van der Waals surface area contributed by atoms with E-state index in [2.05, 4.69) is 17.4 Å². The minimum absolute atomic E-state index is 0.344. The number of benzene rings is 4. The summed E-state index contributed by atoms with van der Waals surface area (Å²) >= 11 is 1.74. The van der Waals surface area contributed by atoms with Crippen LogP contribution >= 0.6 is 11.8 Å². The van der Waals surface area contributed by atoms with Gasteiger partial charge in [0.05, 0.1) is 11.9 Å². The number of aryl methyl sites for hydroxylation is 1. The molecule has 0 bridgehead atoms. The van der Waals surface area contributed by atoms with E-state index in [9.17, 15) is 13.2 Å². The second-order valence-electron chi connectivity index (χ2n) is 8.48. The molecule has 0 radical (unpaired) electrons. The zero-order chi connectivity index (χ0) is 26.3. The Hall–Kier alpha value is -3.75. The first-order chi connectivity index (χ1) is 17.8. The summed E-state index contributed by atoms with van der Waals surface area (Å²) < 4.78 is 31.9. The lowest BCUT2D eigenvalue weighted by Crippen LogP contribution is -2.37. The van der Waals surface area contributed by atoms with E-state index in [4.69, 9.17) is 4.74 Å². The monoisotopic (exact) mass is 532 g/mol. The van der Waals surface area contributed by atoms with E-state index >= 15 is 0 Å². The Morgan fingerprint density at radius 1 is 0.865 bits per heavy atom. The summed E-state index contributed by atoms with van der Waals surface area (Å²) in [5.41, 5.74) is 3.08. The van der Waals surface area contributed by atoms with Gasteiger partial charge in [0.2, 0.25) is 15.9 Å². The number of carbonyl (C=O) groups excluding carboxylic acids is 1. The van der Waals surface area contributed by atoms with Gasteiger partial charge in [0.1, 0.15) is 18.0 Å². The van der Waals surface area contributed by atoms with Crippen molar-refractivity contribution in [3.63, 3.8) is 0 Å². The lowest BCUT2D eigenvalue weighted by Gasteiger charge is -2.22. The fourth-order valence-corrected chi connectivity index (χ4v) is 5.38. The van der Waals surface area contributed by atoms with Crippen molar-refractivity contribution in [2.75, 3.05) is 22.4 Å². The standard InChI is InChI=1S/C29H28N2O4S2/c1-22-19-23(21-36-27-11-7-4-8-12-27)13-18-28(22)30-29(32)20-31(37(2,33)34)24-14-16-26(17-15-24)35-25-9-5-3-6-10-25/h3-19H,20-21H2,1-2H3,(H,30,32). The Morgan fingerprint density at radius 2 is 1.49 bits per heavy atom. The van der Waals surface area contributed by atoms with Crippen molar-refractivity contribution >= 4 is 39.1 Å². The van der Waals surface area contributed by atoms with Crippen LogP contribution in [0, 0.1) is 6.92 Å². The number of hydrogen-bond acceptors (Lipinski definition) is 5. The molecule has 1 N–H and O–H groups in total. The summed E-state index contributed by atoms with van der Waals surface area (Å²) in [4.78, 5) is 14.0. The molecule has 4 aromatic rings. The van der Waals surface area contributed by atoms with E-state index in [0.717, 1.165) is 27.4 Å². The van der Waals surface area contributed by atoms with Gasteiger partial charge >= 0.3 is 0 Å². The molecular weight excluding hydrogens is 504 g/mol. The van der Waals surface area contributed by atoms with Crippen LogP contribution in [0.2, 0.25) is 0 Å². The van der Waals surface area contributed by atoms with Gasteiger partial charge in [0, 0.05) is 16.3 Å². The van der Waals surface area contributed by atoms with Crippen LogP contribution in [0.4, 0.5) is 11.4 Å².